The third kappa shape index (κ3) is 4.35. The van der Waals surface area contributed by atoms with Crippen molar-refractivity contribution in [2.75, 3.05) is 0 Å². The summed E-state index contributed by atoms with van der Waals surface area (Å²) in [5, 5.41) is 9.20. The molecule has 1 saturated carbocycles. The summed E-state index contributed by atoms with van der Waals surface area (Å²) < 4.78 is 26.5. The van der Waals surface area contributed by atoms with Gasteiger partial charge in [-0.1, -0.05) is 38.5 Å². The molecule has 0 N–H and O–H groups in total. The first-order chi connectivity index (χ1) is 10.1. The second-order valence-electron chi connectivity index (χ2n) is 5.79. The van der Waals surface area contributed by atoms with Crippen LogP contribution in [-0.4, -0.2) is 5.78 Å². The second-order valence-corrected chi connectivity index (χ2v) is 5.79. The number of carbonyl (C=O) groups is 1. The van der Waals surface area contributed by atoms with Crippen molar-refractivity contribution in [2.24, 2.45) is 5.92 Å². The van der Waals surface area contributed by atoms with Crippen molar-refractivity contribution >= 4 is 5.78 Å². The van der Waals surface area contributed by atoms with Crippen molar-refractivity contribution < 1.29 is 13.6 Å². The monoisotopic (exact) mass is 291 g/mol. The van der Waals surface area contributed by atoms with Crippen molar-refractivity contribution in [3.05, 3.63) is 35.4 Å². The Hall–Kier alpha value is -1.76. The molecule has 0 spiro atoms. The molecule has 0 bridgehead atoms. The molecule has 1 aliphatic rings. The van der Waals surface area contributed by atoms with Gasteiger partial charge in [-0.25, -0.2) is 8.78 Å². The number of Topliss-reactive ketones (excluding diaryl/α,β-unsaturated/α-hetero) is 1. The Bertz CT molecular complexity index is 522. The van der Waals surface area contributed by atoms with Crippen LogP contribution in [0.4, 0.5) is 8.78 Å². The summed E-state index contributed by atoms with van der Waals surface area (Å²) >= 11 is 0. The highest BCUT2D eigenvalue weighted by molar-refractivity contribution is 5.88. The molecule has 1 unspecified atom stereocenters. The van der Waals surface area contributed by atoms with E-state index < -0.39 is 17.6 Å². The molecule has 0 amide bonds. The fourth-order valence-electron chi connectivity index (χ4n) is 3.04. The Morgan fingerprint density at radius 2 is 1.71 bits per heavy atom. The summed E-state index contributed by atoms with van der Waals surface area (Å²) in [4.78, 5) is 12.3. The van der Waals surface area contributed by atoms with Gasteiger partial charge in [-0.05, 0) is 23.6 Å². The molecule has 1 aromatic rings. The van der Waals surface area contributed by atoms with Crippen LogP contribution in [0.1, 0.15) is 56.4 Å². The first-order valence-corrected chi connectivity index (χ1v) is 7.48. The van der Waals surface area contributed by atoms with Crippen LogP contribution in [0.2, 0.25) is 0 Å². The standard InChI is InChI=1S/C17H19F2NO/c18-14-8-13(9-15(19)10-14)16(11-20)17(21)7-12-5-3-1-2-4-6-12/h8-10,12,16H,1-7H2. The number of ketones is 1. The van der Waals surface area contributed by atoms with E-state index in [0.29, 0.717) is 12.3 Å². The number of hydrogen-bond donors (Lipinski definition) is 0. The number of halogens is 2. The molecule has 1 fully saturated rings. The van der Waals surface area contributed by atoms with Crippen molar-refractivity contribution in [2.45, 2.75) is 50.9 Å². The van der Waals surface area contributed by atoms with E-state index in [4.69, 9.17) is 0 Å². The summed E-state index contributed by atoms with van der Waals surface area (Å²) in [6.07, 6.45) is 6.95. The molecule has 0 heterocycles. The topological polar surface area (TPSA) is 40.9 Å². The van der Waals surface area contributed by atoms with Gasteiger partial charge in [0.05, 0.1) is 6.07 Å². The Balaban J connectivity index is 2.09. The predicted molar refractivity (Wildman–Crippen MR) is 75.5 cm³/mol. The van der Waals surface area contributed by atoms with Crippen LogP contribution in [-0.2, 0) is 4.79 Å². The molecule has 1 atom stereocenters. The number of carbonyl (C=O) groups excluding carboxylic acids is 1. The second kappa shape index (κ2) is 7.31. The van der Waals surface area contributed by atoms with Crippen LogP contribution in [0.25, 0.3) is 0 Å². The smallest absolute Gasteiger partial charge is 0.154 e. The molecule has 1 aromatic carbocycles. The average molecular weight is 291 g/mol. The Morgan fingerprint density at radius 1 is 1.14 bits per heavy atom. The molecule has 0 saturated heterocycles. The lowest BCUT2D eigenvalue weighted by Gasteiger charge is -2.15. The van der Waals surface area contributed by atoms with Gasteiger partial charge in [-0.2, -0.15) is 5.26 Å². The summed E-state index contributed by atoms with van der Waals surface area (Å²) in [6.45, 7) is 0. The van der Waals surface area contributed by atoms with Gasteiger partial charge in [0.15, 0.2) is 5.78 Å². The number of hydrogen-bond acceptors (Lipinski definition) is 2. The minimum atomic E-state index is -1.07. The third-order valence-electron chi connectivity index (χ3n) is 4.13. The van der Waals surface area contributed by atoms with Gasteiger partial charge >= 0.3 is 0 Å². The first kappa shape index (κ1) is 15.6. The largest absolute Gasteiger partial charge is 0.298 e. The average Bonchev–Trinajstić information content (AvgIpc) is 2.67. The predicted octanol–water partition coefficient (Wildman–Crippen LogP) is 4.50. The van der Waals surface area contributed by atoms with E-state index in [1.165, 1.54) is 12.8 Å². The highest BCUT2D eigenvalue weighted by Crippen LogP contribution is 2.29. The van der Waals surface area contributed by atoms with E-state index in [1.807, 2.05) is 6.07 Å². The molecule has 2 rings (SSSR count). The fourth-order valence-corrected chi connectivity index (χ4v) is 3.04. The van der Waals surface area contributed by atoms with E-state index >= 15 is 0 Å². The van der Waals surface area contributed by atoms with Gasteiger partial charge < -0.3 is 0 Å². The minimum absolute atomic E-state index is 0.119. The molecule has 0 aromatic heterocycles. The molecule has 112 valence electrons. The van der Waals surface area contributed by atoms with Crippen LogP contribution in [0.15, 0.2) is 18.2 Å². The quantitative estimate of drug-likeness (QED) is 0.766. The van der Waals surface area contributed by atoms with Crippen molar-refractivity contribution in [1.82, 2.24) is 0 Å². The Morgan fingerprint density at radius 3 is 2.24 bits per heavy atom. The van der Waals surface area contributed by atoms with E-state index in [9.17, 15) is 18.8 Å². The molecule has 21 heavy (non-hydrogen) atoms. The van der Waals surface area contributed by atoms with Crippen LogP contribution in [0, 0.1) is 28.9 Å². The van der Waals surface area contributed by atoms with Crippen LogP contribution >= 0.6 is 0 Å². The maximum absolute atomic E-state index is 13.2. The number of nitrogens with zero attached hydrogens (tertiary/aromatic N) is 1. The van der Waals surface area contributed by atoms with Gasteiger partial charge in [-0.15, -0.1) is 0 Å². The fraction of sp³-hybridized carbons (Fsp3) is 0.529. The molecule has 1 aliphatic carbocycles. The van der Waals surface area contributed by atoms with Crippen molar-refractivity contribution in [1.29, 1.82) is 5.26 Å². The Kier molecular flexibility index (Phi) is 5.44. The molecular formula is C17H19F2NO. The zero-order valence-electron chi connectivity index (χ0n) is 11.9. The molecule has 4 heteroatoms. The highest BCUT2D eigenvalue weighted by atomic mass is 19.1. The minimum Gasteiger partial charge on any atom is -0.298 e. The number of rotatable bonds is 4. The normalized spacial score (nSPS) is 17.8. The number of benzene rings is 1. The maximum Gasteiger partial charge on any atom is 0.154 e. The van der Waals surface area contributed by atoms with Crippen molar-refractivity contribution in [3.63, 3.8) is 0 Å². The summed E-state index contributed by atoms with van der Waals surface area (Å²) in [6, 6.07) is 4.78. The van der Waals surface area contributed by atoms with Gasteiger partial charge in [0.25, 0.3) is 0 Å². The molecule has 0 aliphatic heterocycles. The molecule has 2 nitrogen and oxygen atoms in total. The van der Waals surface area contributed by atoms with Crippen LogP contribution in [0.5, 0.6) is 0 Å². The number of nitriles is 1. The van der Waals surface area contributed by atoms with Gasteiger partial charge in [0.2, 0.25) is 0 Å². The molecule has 0 radical (unpaired) electrons. The van der Waals surface area contributed by atoms with E-state index in [2.05, 4.69) is 0 Å². The summed E-state index contributed by atoms with van der Waals surface area (Å²) in [5.41, 5.74) is 0.119. The van der Waals surface area contributed by atoms with Crippen LogP contribution in [0.3, 0.4) is 0 Å². The van der Waals surface area contributed by atoms with Gasteiger partial charge in [0, 0.05) is 12.5 Å². The first-order valence-electron chi connectivity index (χ1n) is 7.48. The molecular weight excluding hydrogens is 272 g/mol. The zero-order valence-corrected chi connectivity index (χ0v) is 11.9. The van der Waals surface area contributed by atoms with Gasteiger partial charge in [-0.3, -0.25) is 4.79 Å². The van der Waals surface area contributed by atoms with E-state index in [0.717, 1.165) is 43.9 Å². The van der Waals surface area contributed by atoms with E-state index in [1.54, 1.807) is 0 Å². The van der Waals surface area contributed by atoms with Crippen molar-refractivity contribution in [3.8, 4) is 6.07 Å². The zero-order chi connectivity index (χ0) is 15.2. The lowest BCUT2D eigenvalue weighted by Crippen LogP contribution is -2.16. The van der Waals surface area contributed by atoms with Crippen LogP contribution < -0.4 is 0 Å². The third-order valence-corrected chi connectivity index (χ3v) is 4.13. The van der Waals surface area contributed by atoms with Gasteiger partial charge in [0.1, 0.15) is 17.6 Å². The lowest BCUT2D eigenvalue weighted by atomic mass is 9.87. The highest BCUT2D eigenvalue weighted by Gasteiger charge is 2.25. The Labute approximate surface area is 123 Å². The maximum atomic E-state index is 13.2. The SMILES string of the molecule is N#CC(C(=O)CC1CCCCCC1)c1cc(F)cc(F)c1. The summed E-state index contributed by atoms with van der Waals surface area (Å²) in [7, 11) is 0. The van der Waals surface area contributed by atoms with E-state index in [-0.39, 0.29) is 11.3 Å². The summed E-state index contributed by atoms with van der Waals surface area (Å²) in [5.74, 6) is -2.51. The lowest BCUT2D eigenvalue weighted by molar-refractivity contribution is -0.120.